The van der Waals surface area contributed by atoms with Crippen LogP contribution in [0.25, 0.3) is 0 Å². The maximum absolute atomic E-state index is 12.7. The number of ether oxygens (including phenoxy) is 1. The lowest BCUT2D eigenvalue weighted by molar-refractivity contribution is -0.135. The van der Waals surface area contributed by atoms with Gasteiger partial charge in [-0.05, 0) is 63.5 Å². The first-order valence-electron chi connectivity index (χ1n) is 10.4. The lowest BCUT2D eigenvalue weighted by atomic mass is 9.96. The zero-order chi connectivity index (χ0) is 22.5. The Morgan fingerprint density at radius 3 is 1.84 bits per heavy atom. The fourth-order valence-corrected chi connectivity index (χ4v) is 4.85. The van der Waals surface area contributed by atoms with Gasteiger partial charge in [0.1, 0.15) is 5.75 Å². The van der Waals surface area contributed by atoms with E-state index in [-0.39, 0.29) is 18.6 Å². The largest absolute Gasteiger partial charge is 0.483 e. The highest BCUT2D eigenvalue weighted by atomic mass is 79.9. The Morgan fingerprint density at radius 2 is 1.31 bits per heavy atom. The first-order chi connectivity index (χ1) is 15.5. The summed E-state index contributed by atoms with van der Waals surface area (Å²) in [7, 11) is 0. The zero-order valence-electron chi connectivity index (χ0n) is 17.4. The number of para-hydroxylation sites is 1. The number of hydrogen-bond acceptors (Lipinski definition) is 3. The fourth-order valence-electron chi connectivity index (χ4n) is 3.93. The van der Waals surface area contributed by atoms with Gasteiger partial charge in [0.2, 0.25) is 0 Å². The summed E-state index contributed by atoms with van der Waals surface area (Å²) in [5.74, 6) is 0.703. The molecule has 1 saturated heterocycles. The van der Waals surface area contributed by atoms with Crippen molar-refractivity contribution in [3.05, 3.63) is 97.3 Å². The summed E-state index contributed by atoms with van der Waals surface area (Å²) in [6.07, 6.45) is 0. The molecular formula is C25H23Br3N2O2. The predicted molar refractivity (Wildman–Crippen MR) is 138 cm³/mol. The molecule has 0 saturated carbocycles. The molecule has 4 rings (SSSR count). The molecule has 0 N–H and O–H groups in total. The number of carbonyl (C=O) groups is 1. The van der Waals surface area contributed by atoms with Crippen LogP contribution in [0.5, 0.6) is 5.75 Å². The topological polar surface area (TPSA) is 32.8 Å². The van der Waals surface area contributed by atoms with Crippen LogP contribution in [0.3, 0.4) is 0 Å². The molecule has 32 heavy (non-hydrogen) atoms. The fraction of sp³-hybridized carbons (Fsp3) is 0.240. The third kappa shape index (κ3) is 5.81. The maximum atomic E-state index is 12.7. The van der Waals surface area contributed by atoms with Crippen LogP contribution in [0.1, 0.15) is 17.2 Å². The van der Waals surface area contributed by atoms with Crippen molar-refractivity contribution in [1.29, 1.82) is 0 Å². The van der Waals surface area contributed by atoms with Gasteiger partial charge in [-0.2, -0.15) is 0 Å². The SMILES string of the molecule is O=C(COc1ccccc1Br)N1CCN(C(c2ccc(Br)cc2)c2ccc(Br)cc2)CC1. The van der Waals surface area contributed by atoms with Gasteiger partial charge in [0.25, 0.3) is 5.91 Å². The van der Waals surface area contributed by atoms with E-state index >= 15 is 0 Å². The van der Waals surface area contributed by atoms with Crippen LogP contribution in [0.2, 0.25) is 0 Å². The summed E-state index contributed by atoms with van der Waals surface area (Å²) in [6, 6.07) is 24.7. The number of benzene rings is 3. The average Bonchev–Trinajstić information content (AvgIpc) is 2.81. The van der Waals surface area contributed by atoms with E-state index in [1.54, 1.807) is 0 Å². The standard InChI is InChI=1S/C25H23Br3N2O2/c26-20-9-5-18(6-10-20)25(19-7-11-21(27)12-8-19)30-15-13-29(14-16-30)24(31)17-32-23-4-2-1-3-22(23)28/h1-12,25H,13-17H2. The van der Waals surface area contributed by atoms with E-state index in [9.17, 15) is 4.79 Å². The van der Waals surface area contributed by atoms with Gasteiger partial charge in [-0.1, -0.05) is 68.3 Å². The Morgan fingerprint density at radius 1 is 0.781 bits per heavy atom. The number of carbonyl (C=O) groups excluding carboxylic acids is 1. The Labute approximate surface area is 213 Å². The van der Waals surface area contributed by atoms with E-state index in [2.05, 4.69) is 101 Å². The summed E-state index contributed by atoms with van der Waals surface area (Å²) in [5.41, 5.74) is 2.49. The number of piperazine rings is 1. The summed E-state index contributed by atoms with van der Waals surface area (Å²) >= 11 is 10.5. The molecule has 3 aromatic rings. The molecule has 0 aliphatic carbocycles. The van der Waals surface area contributed by atoms with Crippen molar-refractivity contribution in [3.63, 3.8) is 0 Å². The minimum atomic E-state index is 0.0178. The van der Waals surface area contributed by atoms with E-state index < -0.39 is 0 Å². The lowest BCUT2D eigenvalue weighted by Crippen LogP contribution is -2.51. The van der Waals surface area contributed by atoms with E-state index in [0.29, 0.717) is 18.8 Å². The van der Waals surface area contributed by atoms with Crippen LogP contribution in [0.4, 0.5) is 0 Å². The third-order valence-electron chi connectivity index (χ3n) is 5.59. The number of nitrogens with zero attached hydrogens (tertiary/aromatic N) is 2. The van der Waals surface area contributed by atoms with Crippen molar-refractivity contribution in [2.24, 2.45) is 0 Å². The van der Waals surface area contributed by atoms with Gasteiger partial charge in [0.05, 0.1) is 10.5 Å². The molecule has 1 aliphatic rings. The van der Waals surface area contributed by atoms with Crippen LogP contribution in [-0.4, -0.2) is 48.5 Å². The van der Waals surface area contributed by atoms with E-state index in [1.165, 1.54) is 11.1 Å². The molecule has 7 heteroatoms. The van der Waals surface area contributed by atoms with Gasteiger partial charge in [0.15, 0.2) is 6.61 Å². The van der Waals surface area contributed by atoms with Crippen LogP contribution in [-0.2, 0) is 4.79 Å². The normalized spacial score (nSPS) is 14.6. The van der Waals surface area contributed by atoms with Crippen LogP contribution in [0, 0.1) is 0 Å². The molecule has 3 aromatic carbocycles. The Kier molecular flexibility index (Phi) is 8.05. The molecule has 0 radical (unpaired) electrons. The Bertz CT molecular complexity index is 1000. The van der Waals surface area contributed by atoms with Gasteiger partial charge < -0.3 is 9.64 Å². The van der Waals surface area contributed by atoms with Crippen molar-refractivity contribution >= 4 is 53.7 Å². The van der Waals surface area contributed by atoms with Gasteiger partial charge >= 0.3 is 0 Å². The molecule has 1 fully saturated rings. The first-order valence-corrected chi connectivity index (χ1v) is 12.8. The molecule has 4 nitrogen and oxygen atoms in total. The molecule has 0 atom stereocenters. The average molecular weight is 623 g/mol. The van der Waals surface area contributed by atoms with Crippen molar-refractivity contribution < 1.29 is 9.53 Å². The van der Waals surface area contributed by atoms with E-state index in [1.807, 2.05) is 29.2 Å². The zero-order valence-corrected chi connectivity index (χ0v) is 22.1. The van der Waals surface area contributed by atoms with Crippen molar-refractivity contribution in [3.8, 4) is 5.75 Å². The maximum Gasteiger partial charge on any atom is 0.260 e. The van der Waals surface area contributed by atoms with Gasteiger partial charge in [-0.15, -0.1) is 0 Å². The number of amides is 1. The molecule has 1 heterocycles. The number of halogens is 3. The monoisotopic (exact) mass is 620 g/mol. The van der Waals surface area contributed by atoms with Gasteiger partial charge in [-0.3, -0.25) is 9.69 Å². The van der Waals surface area contributed by atoms with Gasteiger partial charge in [0, 0.05) is 35.1 Å². The molecule has 166 valence electrons. The Balaban J connectivity index is 1.43. The summed E-state index contributed by atoms with van der Waals surface area (Å²) < 4.78 is 8.71. The van der Waals surface area contributed by atoms with Crippen LogP contribution >= 0.6 is 47.8 Å². The molecule has 0 bridgehead atoms. The molecular weight excluding hydrogens is 600 g/mol. The highest BCUT2D eigenvalue weighted by molar-refractivity contribution is 9.11. The first kappa shape index (κ1) is 23.5. The minimum Gasteiger partial charge on any atom is -0.483 e. The van der Waals surface area contributed by atoms with Crippen LogP contribution in [0.15, 0.2) is 86.2 Å². The highest BCUT2D eigenvalue weighted by Gasteiger charge is 2.28. The van der Waals surface area contributed by atoms with E-state index in [4.69, 9.17) is 4.74 Å². The molecule has 1 aliphatic heterocycles. The molecule has 1 amide bonds. The smallest absolute Gasteiger partial charge is 0.260 e. The summed E-state index contributed by atoms with van der Waals surface area (Å²) in [4.78, 5) is 17.1. The second kappa shape index (κ2) is 11.0. The van der Waals surface area contributed by atoms with E-state index in [0.717, 1.165) is 26.5 Å². The predicted octanol–water partition coefficient (Wildman–Crippen LogP) is 6.29. The number of hydrogen-bond donors (Lipinski definition) is 0. The molecule has 0 aromatic heterocycles. The summed E-state index contributed by atoms with van der Waals surface area (Å²) in [6.45, 7) is 3.02. The molecule has 0 spiro atoms. The number of rotatable bonds is 6. The third-order valence-corrected chi connectivity index (χ3v) is 7.30. The molecule has 0 unspecified atom stereocenters. The second-order valence-corrected chi connectivity index (χ2v) is 10.3. The van der Waals surface area contributed by atoms with Crippen molar-refractivity contribution in [1.82, 2.24) is 9.80 Å². The quantitative estimate of drug-likeness (QED) is 0.324. The summed E-state index contributed by atoms with van der Waals surface area (Å²) in [5, 5.41) is 0. The second-order valence-electron chi connectivity index (χ2n) is 7.64. The van der Waals surface area contributed by atoms with Gasteiger partial charge in [-0.25, -0.2) is 0 Å². The minimum absolute atomic E-state index is 0.0178. The van der Waals surface area contributed by atoms with Crippen molar-refractivity contribution in [2.75, 3.05) is 32.8 Å². The highest BCUT2D eigenvalue weighted by Crippen LogP contribution is 2.31. The lowest BCUT2D eigenvalue weighted by Gasteiger charge is -2.39. The van der Waals surface area contributed by atoms with Crippen LogP contribution < -0.4 is 4.74 Å². The Hall–Kier alpha value is -1.67. The van der Waals surface area contributed by atoms with Crippen molar-refractivity contribution in [2.45, 2.75) is 6.04 Å².